The Hall–Kier alpha value is -1.34. The Morgan fingerprint density at radius 3 is 2.04 bits per heavy atom. The van der Waals surface area contributed by atoms with Crippen LogP contribution in [-0.2, 0) is 9.53 Å². The zero-order valence-corrected chi connectivity index (χ0v) is 14.5. The van der Waals surface area contributed by atoms with Crippen molar-refractivity contribution in [2.45, 2.75) is 83.6 Å². The molecule has 0 saturated heterocycles. The second-order valence-electron chi connectivity index (χ2n) is 8.00. The number of hydrazine groups is 1. The van der Waals surface area contributed by atoms with Gasteiger partial charge in [-0.05, 0) is 59.3 Å². The van der Waals surface area contributed by atoms with E-state index in [2.05, 4.69) is 16.2 Å². The van der Waals surface area contributed by atoms with Crippen LogP contribution >= 0.6 is 0 Å². The predicted octanol–water partition coefficient (Wildman–Crippen LogP) is 1.56. The van der Waals surface area contributed by atoms with Crippen LogP contribution < -0.4 is 16.2 Å². The molecule has 0 radical (unpaired) electrons. The molecule has 0 heterocycles. The molecular weight excluding hydrogens is 298 g/mol. The zero-order valence-electron chi connectivity index (χ0n) is 14.5. The van der Waals surface area contributed by atoms with Crippen molar-refractivity contribution in [2.75, 3.05) is 0 Å². The highest BCUT2D eigenvalue weighted by atomic mass is 16.6. The van der Waals surface area contributed by atoms with Crippen molar-refractivity contribution in [1.82, 2.24) is 16.2 Å². The molecule has 3 aliphatic carbocycles. The number of ether oxygens (including phenoxy) is 1. The molecule has 2 amide bonds. The van der Waals surface area contributed by atoms with Crippen molar-refractivity contribution >= 4 is 12.0 Å². The number of rotatable bonds is 4. The molecule has 2 bridgehead atoms. The van der Waals surface area contributed by atoms with Crippen LogP contribution in [0.15, 0.2) is 0 Å². The monoisotopic (exact) mass is 327 g/mol. The molecule has 0 aromatic heterocycles. The van der Waals surface area contributed by atoms with E-state index in [1.807, 2.05) is 20.8 Å². The predicted molar refractivity (Wildman–Crippen MR) is 85.2 cm³/mol. The van der Waals surface area contributed by atoms with E-state index in [0.29, 0.717) is 0 Å². The summed E-state index contributed by atoms with van der Waals surface area (Å²) < 4.78 is 5.36. The van der Waals surface area contributed by atoms with Crippen LogP contribution in [0.25, 0.3) is 0 Å². The molecule has 4 N–H and O–H groups in total. The molecule has 7 heteroatoms. The molecular formula is C16H29N3O4. The van der Waals surface area contributed by atoms with Gasteiger partial charge in [-0.25, -0.2) is 10.2 Å². The van der Waals surface area contributed by atoms with E-state index in [1.54, 1.807) is 0 Å². The fourth-order valence-corrected chi connectivity index (χ4v) is 3.66. The molecule has 3 fully saturated rings. The SMILES string of the molecule is CC(=O)NNC(O)C12CCC(NC(=O)OC(C)(C)C)(CC1)CC2. The lowest BCUT2D eigenvalue weighted by molar-refractivity contribution is -0.125. The molecule has 0 aliphatic heterocycles. The number of nitrogens with one attached hydrogen (secondary N) is 3. The third kappa shape index (κ3) is 4.35. The highest BCUT2D eigenvalue weighted by Crippen LogP contribution is 2.53. The van der Waals surface area contributed by atoms with E-state index in [9.17, 15) is 14.7 Å². The molecule has 0 aromatic carbocycles. The van der Waals surface area contributed by atoms with Gasteiger partial charge < -0.3 is 15.2 Å². The number of carbonyl (C=O) groups is 2. The summed E-state index contributed by atoms with van der Waals surface area (Å²) in [7, 11) is 0. The van der Waals surface area contributed by atoms with Crippen LogP contribution in [-0.4, -0.2) is 34.5 Å². The smallest absolute Gasteiger partial charge is 0.408 e. The summed E-state index contributed by atoms with van der Waals surface area (Å²) in [6.07, 6.45) is 3.69. The largest absolute Gasteiger partial charge is 0.444 e. The Labute approximate surface area is 137 Å². The molecule has 132 valence electrons. The van der Waals surface area contributed by atoms with E-state index in [0.717, 1.165) is 38.5 Å². The topological polar surface area (TPSA) is 99.7 Å². The zero-order chi connectivity index (χ0) is 17.3. The van der Waals surface area contributed by atoms with Crippen LogP contribution in [0.3, 0.4) is 0 Å². The van der Waals surface area contributed by atoms with Gasteiger partial charge >= 0.3 is 6.09 Å². The van der Waals surface area contributed by atoms with Gasteiger partial charge in [0.25, 0.3) is 0 Å². The minimum atomic E-state index is -0.772. The number of hydrogen-bond donors (Lipinski definition) is 4. The maximum atomic E-state index is 12.1. The van der Waals surface area contributed by atoms with Crippen molar-refractivity contribution in [3.8, 4) is 0 Å². The Bertz CT molecular complexity index is 448. The first kappa shape index (κ1) is 18.0. The van der Waals surface area contributed by atoms with Gasteiger partial charge in [0.1, 0.15) is 11.8 Å². The summed E-state index contributed by atoms with van der Waals surface area (Å²) in [6, 6.07) is 0. The summed E-state index contributed by atoms with van der Waals surface area (Å²) in [4.78, 5) is 23.0. The Morgan fingerprint density at radius 1 is 1.09 bits per heavy atom. The van der Waals surface area contributed by atoms with Crippen molar-refractivity contribution in [3.63, 3.8) is 0 Å². The van der Waals surface area contributed by atoms with Crippen molar-refractivity contribution in [2.24, 2.45) is 5.41 Å². The van der Waals surface area contributed by atoms with Crippen LogP contribution in [0, 0.1) is 5.41 Å². The Kier molecular flexibility index (Phi) is 4.92. The van der Waals surface area contributed by atoms with Gasteiger partial charge in [0.15, 0.2) is 0 Å². The first-order valence-corrected chi connectivity index (χ1v) is 8.27. The summed E-state index contributed by atoms with van der Waals surface area (Å²) in [5.74, 6) is -0.229. The number of alkyl carbamates (subject to hydrolysis) is 1. The van der Waals surface area contributed by atoms with Gasteiger partial charge in [0.2, 0.25) is 5.91 Å². The molecule has 3 aliphatic rings. The maximum Gasteiger partial charge on any atom is 0.408 e. The van der Waals surface area contributed by atoms with Gasteiger partial charge in [-0.3, -0.25) is 10.2 Å². The fraction of sp³-hybridized carbons (Fsp3) is 0.875. The molecule has 1 unspecified atom stereocenters. The Morgan fingerprint density at radius 2 is 1.61 bits per heavy atom. The van der Waals surface area contributed by atoms with Crippen LogP contribution in [0.2, 0.25) is 0 Å². The number of aliphatic hydroxyl groups excluding tert-OH is 1. The van der Waals surface area contributed by atoms with Gasteiger partial charge in [-0.1, -0.05) is 0 Å². The number of amides is 2. The van der Waals surface area contributed by atoms with E-state index >= 15 is 0 Å². The number of carbonyl (C=O) groups excluding carboxylic acids is 2. The van der Waals surface area contributed by atoms with Crippen LogP contribution in [0.1, 0.15) is 66.2 Å². The molecule has 3 rings (SSSR count). The number of fused-ring (bicyclic) bond motifs is 3. The first-order chi connectivity index (χ1) is 10.6. The summed E-state index contributed by atoms with van der Waals surface area (Å²) in [5, 5.41) is 13.4. The quantitative estimate of drug-likeness (QED) is 0.464. The van der Waals surface area contributed by atoms with E-state index in [1.165, 1.54) is 6.92 Å². The van der Waals surface area contributed by atoms with E-state index in [-0.39, 0.29) is 23.0 Å². The number of hydrogen-bond acceptors (Lipinski definition) is 5. The van der Waals surface area contributed by atoms with Crippen molar-refractivity contribution in [1.29, 1.82) is 0 Å². The number of aliphatic hydroxyl groups is 1. The highest BCUT2D eigenvalue weighted by molar-refractivity contribution is 5.72. The van der Waals surface area contributed by atoms with Gasteiger partial charge in [-0.15, -0.1) is 0 Å². The van der Waals surface area contributed by atoms with Gasteiger partial charge in [0, 0.05) is 17.9 Å². The summed E-state index contributed by atoms with van der Waals surface area (Å²) in [5.41, 5.74) is 4.19. The van der Waals surface area contributed by atoms with E-state index < -0.39 is 11.8 Å². The average molecular weight is 327 g/mol. The standard InChI is InChI=1S/C16H29N3O4/c1-11(20)18-19-12(21)15-5-8-16(9-6-15,10-7-15)17-13(22)23-14(2,3)4/h12,19,21H,5-10H2,1-4H3,(H,17,22)(H,18,20). The minimum Gasteiger partial charge on any atom is -0.444 e. The van der Waals surface area contributed by atoms with Crippen molar-refractivity contribution in [3.05, 3.63) is 0 Å². The maximum absolute atomic E-state index is 12.1. The third-order valence-corrected chi connectivity index (χ3v) is 5.04. The minimum absolute atomic E-state index is 0.224. The third-order valence-electron chi connectivity index (χ3n) is 5.04. The second-order valence-corrected chi connectivity index (χ2v) is 8.00. The first-order valence-electron chi connectivity index (χ1n) is 8.27. The van der Waals surface area contributed by atoms with Crippen LogP contribution in [0.5, 0.6) is 0 Å². The molecule has 7 nitrogen and oxygen atoms in total. The fourth-order valence-electron chi connectivity index (χ4n) is 3.66. The lowest BCUT2D eigenvalue weighted by atomic mass is 9.56. The molecule has 0 spiro atoms. The van der Waals surface area contributed by atoms with Crippen LogP contribution in [0.4, 0.5) is 4.79 Å². The van der Waals surface area contributed by atoms with Gasteiger partial charge in [0.05, 0.1) is 0 Å². The average Bonchev–Trinajstić information content (AvgIpc) is 2.44. The van der Waals surface area contributed by atoms with Crippen molar-refractivity contribution < 1.29 is 19.4 Å². The molecule has 0 aromatic rings. The summed E-state index contributed by atoms with van der Waals surface area (Å²) in [6.45, 7) is 6.94. The Balaban J connectivity index is 1.91. The normalized spacial score (nSPS) is 31.3. The molecule has 1 atom stereocenters. The second kappa shape index (κ2) is 6.28. The van der Waals surface area contributed by atoms with Gasteiger partial charge in [-0.2, -0.15) is 0 Å². The molecule has 3 saturated carbocycles. The lowest BCUT2D eigenvalue weighted by Gasteiger charge is -2.55. The molecule has 23 heavy (non-hydrogen) atoms. The highest BCUT2D eigenvalue weighted by Gasteiger charge is 2.52. The summed E-state index contributed by atoms with van der Waals surface area (Å²) >= 11 is 0. The lowest BCUT2D eigenvalue weighted by Crippen LogP contribution is -2.62. The van der Waals surface area contributed by atoms with E-state index in [4.69, 9.17) is 4.74 Å².